The number of aryl methyl sites for hydroxylation is 2. The number of hydrogen-bond acceptors (Lipinski definition) is 1. The number of nitrogens with zero attached hydrogens (tertiary/aromatic N) is 1. The second-order valence-corrected chi connectivity index (χ2v) is 3.19. The molecule has 1 nitrogen and oxygen atoms in total. The lowest BCUT2D eigenvalue weighted by Gasteiger charge is -2.06. The van der Waals surface area contributed by atoms with Crippen molar-refractivity contribution in [3.8, 4) is 6.07 Å². The fraction of sp³-hybridized carbons (Fsp3) is 0.364. The normalized spacial score (nSPS) is 9.50. The Morgan fingerprint density at radius 3 is 2.08 bits per heavy atom. The van der Waals surface area contributed by atoms with Crippen LogP contribution < -0.4 is 0 Å². The molecular formula is C11H13N. The molecule has 1 aromatic carbocycles. The highest BCUT2D eigenvalue weighted by atomic mass is 14.2. The third-order valence-electron chi connectivity index (χ3n) is 2.27. The lowest BCUT2D eigenvalue weighted by Crippen LogP contribution is -1.90. The van der Waals surface area contributed by atoms with E-state index in [1.165, 1.54) is 16.7 Å². The van der Waals surface area contributed by atoms with E-state index in [1.54, 1.807) is 0 Å². The van der Waals surface area contributed by atoms with Crippen molar-refractivity contribution >= 4 is 0 Å². The molecule has 0 aliphatic carbocycles. The van der Waals surface area contributed by atoms with Crippen LogP contribution in [0.4, 0.5) is 0 Å². The first kappa shape index (κ1) is 8.80. The van der Waals surface area contributed by atoms with Gasteiger partial charge >= 0.3 is 0 Å². The van der Waals surface area contributed by atoms with E-state index in [9.17, 15) is 0 Å². The first-order valence-corrected chi connectivity index (χ1v) is 4.09. The van der Waals surface area contributed by atoms with E-state index in [1.807, 2.05) is 0 Å². The molecule has 1 aromatic rings. The molecule has 0 atom stereocenters. The molecule has 0 amide bonds. The largest absolute Gasteiger partial charge is 0.198 e. The van der Waals surface area contributed by atoms with Crippen LogP contribution in [0.2, 0.25) is 0 Å². The van der Waals surface area contributed by atoms with E-state index in [4.69, 9.17) is 5.26 Å². The second-order valence-electron chi connectivity index (χ2n) is 3.19. The van der Waals surface area contributed by atoms with Crippen molar-refractivity contribution in [2.45, 2.75) is 27.2 Å². The van der Waals surface area contributed by atoms with Crippen LogP contribution in [0.3, 0.4) is 0 Å². The molecule has 0 fully saturated rings. The highest BCUT2D eigenvalue weighted by Crippen LogP contribution is 2.15. The maximum Gasteiger partial charge on any atom is 0.0669 e. The van der Waals surface area contributed by atoms with Crippen molar-refractivity contribution in [1.29, 1.82) is 5.26 Å². The molecule has 0 aromatic heterocycles. The zero-order valence-corrected chi connectivity index (χ0v) is 7.81. The molecule has 0 aliphatic heterocycles. The molecule has 0 unspecified atom stereocenters. The smallest absolute Gasteiger partial charge is 0.0669 e. The summed E-state index contributed by atoms with van der Waals surface area (Å²) in [5, 5.41) is 8.52. The number of benzene rings is 1. The number of nitriles is 1. The SMILES string of the molecule is Cc1cc(CC#N)cc(C)c1C. The van der Waals surface area contributed by atoms with Gasteiger partial charge in [0.25, 0.3) is 0 Å². The van der Waals surface area contributed by atoms with Gasteiger partial charge in [-0.2, -0.15) is 5.26 Å². The fourth-order valence-corrected chi connectivity index (χ4v) is 1.32. The van der Waals surface area contributed by atoms with Gasteiger partial charge in [0.15, 0.2) is 0 Å². The van der Waals surface area contributed by atoms with E-state index in [0.29, 0.717) is 6.42 Å². The van der Waals surface area contributed by atoms with Gasteiger partial charge < -0.3 is 0 Å². The van der Waals surface area contributed by atoms with E-state index >= 15 is 0 Å². The third-order valence-corrected chi connectivity index (χ3v) is 2.27. The molecule has 0 spiro atoms. The lowest BCUT2D eigenvalue weighted by molar-refractivity contribution is 1.18. The van der Waals surface area contributed by atoms with Gasteiger partial charge in [-0.05, 0) is 43.0 Å². The molecule has 0 N–H and O–H groups in total. The van der Waals surface area contributed by atoms with Crippen molar-refractivity contribution in [2.24, 2.45) is 0 Å². The Morgan fingerprint density at radius 1 is 1.17 bits per heavy atom. The zero-order valence-electron chi connectivity index (χ0n) is 7.81. The summed E-state index contributed by atoms with van der Waals surface area (Å²) in [4.78, 5) is 0. The van der Waals surface area contributed by atoms with Gasteiger partial charge in [-0.15, -0.1) is 0 Å². The van der Waals surface area contributed by atoms with Crippen molar-refractivity contribution in [1.82, 2.24) is 0 Å². The van der Waals surface area contributed by atoms with Crippen LogP contribution >= 0.6 is 0 Å². The Bertz CT molecular complexity index is 308. The summed E-state index contributed by atoms with van der Waals surface area (Å²) in [5.74, 6) is 0. The van der Waals surface area contributed by atoms with Gasteiger partial charge in [-0.25, -0.2) is 0 Å². The van der Waals surface area contributed by atoms with Crippen LogP contribution in [0.5, 0.6) is 0 Å². The minimum atomic E-state index is 0.516. The Kier molecular flexibility index (Phi) is 2.50. The highest BCUT2D eigenvalue weighted by molar-refractivity contribution is 5.37. The van der Waals surface area contributed by atoms with Crippen molar-refractivity contribution in [2.75, 3.05) is 0 Å². The molecule has 62 valence electrons. The van der Waals surface area contributed by atoms with Gasteiger partial charge in [-0.3, -0.25) is 0 Å². The maximum atomic E-state index is 8.52. The Balaban J connectivity index is 3.14. The summed E-state index contributed by atoms with van der Waals surface area (Å²) >= 11 is 0. The molecular weight excluding hydrogens is 146 g/mol. The van der Waals surface area contributed by atoms with Gasteiger partial charge in [0, 0.05) is 0 Å². The first-order valence-electron chi connectivity index (χ1n) is 4.09. The average Bonchev–Trinajstić information content (AvgIpc) is 2.01. The first-order chi connectivity index (χ1) is 5.65. The molecule has 1 heteroatoms. The maximum absolute atomic E-state index is 8.52. The summed E-state index contributed by atoms with van der Waals surface area (Å²) in [6.07, 6.45) is 0.516. The lowest BCUT2D eigenvalue weighted by atomic mass is 9.99. The predicted octanol–water partition coefficient (Wildman–Crippen LogP) is 2.68. The monoisotopic (exact) mass is 159 g/mol. The molecule has 12 heavy (non-hydrogen) atoms. The van der Waals surface area contributed by atoms with Gasteiger partial charge in [0.2, 0.25) is 0 Å². The number of hydrogen-bond donors (Lipinski definition) is 0. The molecule has 0 radical (unpaired) electrons. The Morgan fingerprint density at radius 2 is 1.67 bits per heavy atom. The van der Waals surface area contributed by atoms with Crippen molar-refractivity contribution in [3.63, 3.8) is 0 Å². The summed E-state index contributed by atoms with van der Waals surface area (Å²) in [6.45, 7) is 6.28. The second kappa shape index (κ2) is 3.40. The average molecular weight is 159 g/mol. The zero-order chi connectivity index (χ0) is 9.14. The van der Waals surface area contributed by atoms with E-state index in [2.05, 4.69) is 39.0 Å². The molecule has 0 aliphatic rings. The minimum Gasteiger partial charge on any atom is -0.198 e. The Hall–Kier alpha value is -1.29. The van der Waals surface area contributed by atoms with Gasteiger partial charge in [-0.1, -0.05) is 12.1 Å². The van der Waals surface area contributed by atoms with Crippen LogP contribution in [0.1, 0.15) is 22.3 Å². The topological polar surface area (TPSA) is 23.8 Å². The molecule has 1 rings (SSSR count). The van der Waals surface area contributed by atoms with Crippen LogP contribution in [0.25, 0.3) is 0 Å². The molecule has 0 saturated heterocycles. The summed E-state index contributed by atoms with van der Waals surface area (Å²) < 4.78 is 0. The highest BCUT2D eigenvalue weighted by Gasteiger charge is 1.99. The third kappa shape index (κ3) is 1.65. The van der Waals surface area contributed by atoms with Gasteiger partial charge in [0.1, 0.15) is 0 Å². The predicted molar refractivity (Wildman–Crippen MR) is 50.0 cm³/mol. The standard InChI is InChI=1S/C11H13N/c1-8-6-11(4-5-12)7-9(2)10(8)3/h6-7H,4H2,1-3H3. The molecule has 0 heterocycles. The van der Waals surface area contributed by atoms with Crippen molar-refractivity contribution < 1.29 is 0 Å². The van der Waals surface area contributed by atoms with E-state index in [0.717, 1.165) is 5.56 Å². The Labute approximate surface area is 73.6 Å². The van der Waals surface area contributed by atoms with E-state index in [-0.39, 0.29) is 0 Å². The minimum absolute atomic E-state index is 0.516. The summed E-state index contributed by atoms with van der Waals surface area (Å²) in [5.41, 5.74) is 5.01. The molecule has 0 saturated carbocycles. The van der Waals surface area contributed by atoms with Crippen LogP contribution in [0.15, 0.2) is 12.1 Å². The summed E-state index contributed by atoms with van der Waals surface area (Å²) in [6, 6.07) is 6.34. The number of rotatable bonds is 1. The van der Waals surface area contributed by atoms with Crippen LogP contribution in [-0.4, -0.2) is 0 Å². The van der Waals surface area contributed by atoms with Crippen LogP contribution in [0, 0.1) is 32.1 Å². The van der Waals surface area contributed by atoms with Crippen molar-refractivity contribution in [3.05, 3.63) is 34.4 Å². The van der Waals surface area contributed by atoms with E-state index < -0.39 is 0 Å². The fourth-order valence-electron chi connectivity index (χ4n) is 1.32. The quantitative estimate of drug-likeness (QED) is 0.618. The summed E-state index contributed by atoms with van der Waals surface area (Å²) in [7, 11) is 0. The van der Waals surface area contributed by atoms with Gasteiger partial charge in [0.05, 0.1) is 12.5 Å². The molecule has 0 bridgehead atoms. The van der Waals surface area contributed by atoms with Crippen LogP contribution in [-0.2, 0) is 6.42 Å².